The fourth-order valence-corrected chi connectivity index (χ4v) is 4.58. The van der Waals surface area contributed by atoms with Gasteiger partial charge in [-0.3, -0.25) is 4.68 Å². The third-order valence-corrected chi connectivity index (χ3v) is 6.42. The number of pyridine rings is 1. The van der Waals surface area contributed by atoms with Gasteiger partial charge in [0.2, 0.25) is 0 Å². The number of hydrogen-bond acceptors (Lipinski definition) is 4. The summed E-state index contributed by atoms with van der Waals surface area (Å²) in [6.07, 6.45) is 13.4. The van der Waals surface area contributed by atoms with E-state index in [0.29, 0.717) is 5.92 Å². The minimum atomic E-state index is 0.503. The van der Waals surface area contributed by atoms with Gasteiger partial charge >= 0.3 is 0 Å². The Bertz CT molecular complexity index is 1410. The summed E-state index contributed by atoms with van der Waals surface area (Å²) in [4.78, 5) is 0. The van der Waals surface area contributed by atoms with Crippen LogP contribution in [0.3, 0.4) is 0 Å². The maximum Gasteiger partial charge on any atom is 0.145 e. The van der Waals surface area contributed by atoms with Crippen molar-refractivity contribution in [1.82, 2.24) is 29.2 Å². The van der Waals surface area contributed by atoms with Crippen molar-refractivity contribution in [2.45, 2.75) is 25.2 Å². The Morgan fingerprint density at radius 1 is 0.906 bits per heavy atom. The summed E-state index contributed by atoms with van der Waals surface area (Å²) in [6, 6.07) is 12.4. The van der Waals surface area contributed by atoms with Crippen LogP contribution in [0.2, 0.25) is 0 Å². The molecule has 7 heteroatoms. The maximum atomic E-state index is 5.83. The van der Waals surface area contributed by atoms with Gasteiger partial charge in [0.05, 0.1) is 37.1 Å². The van der Waals surface area contributed by atoms with Crippen molar-refractivity contribution < 1.29 is 4.74 Å². The molecule has 0 spiro atoms. The Morgan fingerprint density at radius 3 is 2.41 bits per heavy atom. The maximum absolute atomic E-state index is 5.83. The van der Waals surface area contributed by atoms with Gasteiger partial charge in [-0.25, -0.2) is 9.20 Å². The van der Waals surface area contributed by atoms with Gasteiger partial charge in [0.1, 0.15) is 11.3 Å². The lowest BCUT2D eigenvalue weighted by atomic mass is 9.80. The van der Waals surface area contributed by atoms with Crippen LogP contribution >= 0.6 is 0 Å². The number of benzene rings is 1. The Labute approximate surface area is 185 Å². The predicted molar refractivity (Wildman–Crippen MR) is 123 cm³/mol. The molecule has 160 valence electrons. The summed E-state index contributed by atoms with van der Waals surface area (Å²) in [5.41, 5.74) is 7.50. The average Bonchev–Trinajstić information content (AvgIpc) is 3.51. The van der Waals surface area contributed by atoms with Crippen LogP contribution in [0.25, 0.3) is 33.5 Å². The molecule has 1 aromatic carbocycles. The highest BCUT2D eigenvalue weighted by Crippen LogP contribution is 2.44. The van der Waals surface area contributed by atoms with Crippen molar-refractivity contribution in [2.24, 2.45) is 7.05 Å². The molecule has 4 aromatic heterocycles. The van der Waals surface area contributed by atoms with Crippen LogP contribution in [0.5, 0.6) is 5.75 Å². The Hall–Kier alpha value is -3.87. The largest absolute Gasteiger partial charge is 0.494 e. The SMILES string of the molecule is COc1cc(-c2cnn(C)c2)cn2ncc(-c3cnn(-c4ccccc4)c3C3CCC3)c12. The summed E-state index contributed by atoms with van der Waals surface area (Å²) in [6.45, 7) is 0. The van der Waals surface area contributed by atoms with Crippen LogP contribution in [-0.4, -0.2) is 36.3 Å². The summed E-state index contributed by atoms with van der Waals surface area (Å²) >= 11 is 0. The molecule has 0 unspecified atom stereocenters. The first-order valence-electron chi connectivity index (χ1n) is 10.9. The zero-order valence-electron chi connectivity index (χ0n) is 18.1. The van der Waals surface area contributed by atoms with E-state index in [1.165, 1.54) is 25.0 Å². The molecule has 0 N–H and O–H groups in total. The summed E-state index contributed by atoms with van der Waals surface area (Å²) in [5.74, 6) is 1.29. The third-order valence-electron chi connectivity index (χ3n) is 6.42. The van der Waals surface area contributed by atoms with E-state index in [2.05, 4.69) is 40.1 Å². The zero-order chi connectivity index (χ0) is 21.7. The van der Waals surface area contributed by atoms with Gasteiger partial charge < -0.3 is 4.74 Å². The first kappa shape index (κ1) is 18.9. The van der Waals surface area contributed by atoms with Crippen LogP contribution in [0, 0.1) is 0 Å². The predicted octanol–water partition coefficient (Wildman–Crippen LogP) is 4.86. The van der Waals surface area contributed by atoms with E-state index in [1.54, 1.807) is 11.8 Å². The topological polar surface area (TPSA) is 62.2 Å². The second-order valence-corrected chi connectivity index (χ2v) is 8.37. The Kier molecular flexibility index (Phi) is 4.35. The van der Waals surface area contributed by atoms with Gasteiger partial charge in [0, 0.05) is 47.6 Å². The molecule has 6 rings (SSSR count). The van der Waals surface area contributed by atoms with Crippen molar-refractivity contribution in [3.8, 4) is 33.7 Å². The van der Waals surface area contributed by atoms with E-state index >= 15 is 0 Å². The highest BCUT2D eigenvalue weighted by atomic mass is 16.5. The molecule has 0 saturated heterocycles. The molecule has 4 heterocycles. The first-order valence-corrected chi connectivity index (χ1v) is 10.9. The Morgan fingerprint density at radius 2 is 1.72 bits per heavy atom. The molecule has 7 nitrogen and oxygen atoms in total. The third kappa shape index (κ3) is 2.92. The van der Waals surface area contributed by atoms with Crippen LogP contribution in [0.1, 0.15) is 30.9 Å². The van der Waals surface area contributed by atoms with Gasteiger partial charge in [0.15, 0.2) is 0 Å². The number of para-hydroxylation sites is 1. The van der Waals surface area contributed by atoms with Crippen LogP contribution in [0.4, 0.5) is 0 Å². The average molecular weight is 425 g/mol. The van der Waals surface area contributed by atoms with E-state index in [9.17, 15) is 0 Å². The second kappa shape index (κ2) is 7.37. The van der Waals surface area contributed by atoms with E-state index in [1.807, 2.05) is 48.6 Å². The lowest BCUT2D eigenvalue weighted by molar-refractivity contribution is 0.404. The number of aryl methyl sites for hydroxylation is 1. The van der Waals surface area contributed by atoms with Crippen molar-refractivity contribution >= 4 is 5.52 Å². The number of ether oxygens (including phenoxy) is 1. The smallest absolute Gasteiger partial charge is 0.145 e. The molecule has 32 heavy (non-hydrogen) atoms. The summed E-state index contributed by atoms with van der Waals surface area (Å²) in [7, 11) is 3.62. The van der Waals surface area contributed by atoms with Crippen LogP contribution in [0.15, 0.2) is 67.4 Å². The quantitative estimate of drug-likeness (QED) is 0.404. The van der Waals surface area contributed by atoms with E-state index in [0.717, 1.165) is 39.2 Å². The highest BCUT2D eigenvalue weighted by Gasteiger charge is 2.29. The summed E-state index contributed by atoms with van der Waals surface area (Å²) in [5, 5.41) is 13.8. The van der Waals surface area contributed by atoms with Gasteiger partial charge in [0.25, 0.3) is 0 Å². The Balaban J connectivity index is 1.54. The lowest BCUT2D eigenvalue weighted by Crippen LogP contribution is -2.15. The fraction of sp³-hybridized carbons (Fsp3) is 0.240. The van der Waals surface area contributed by atoms with E-state index < -0.39 is 0 Å². The molecule has 0 amide bonds. The zero-order valence-corrected chi connectivity index (χ0v) is 18.1. The number of methoxy groups -OCH3 is 1. The molecule has 1 aliphatic rings. The number of nitrogens with zero attached hydrogens (tertiary/aromatic N) is 6. The molecule has 0 aliphatic heterocycles. The van der Waals surface area contributed by atoms with Crippen LogP contribution < -0.4 is 4.74 Å². The van der Waals surface area contributed by atoms with E-state index in [-0.39, 0.29) is 0 Å². The van der Waals surface area contributed by atoms with Gasteiger partial charge in [-0.2, -0.15) is 15.3 Å². The molecule has 1 aliphatic carbocycles. The molecule has 1 saturated carbocycles. The van der Waals surface area contributed by atoms with Gasteiger partial charge in [-0.15, -0.1) is 0 Å². The van der Waals surface area contributed by atoms with Gasteiger partial charge in [-0.05, 0) is 31.0 Å². The minimum Gasteiger partial charge on any atom is -0.494 e. The normalized spacial score (nSPS) is 14.1. The monoisotopic (exact) mass is 424 g/mol. The van der Waals surface area contributed by atoms with Crippen LogP contribution in [-0.2, 0) is 7.05 Å². The first-order chi connectivity index (χ1) is 15.7. The lowest BCUT2D eigenvalue weighted by Gasteiger charge is -2.27. The molecular weight excluding hydrogens is 400 g/mol. The van der Waals surface area contributed by atoms with E-state index in [4.69, 9.17) is 14.9 Å². The molecule has 1 fully saturated rings. The number of hydrogen-bond donors (Lipinski definition) is 0. The molecule has 0 bridgehead atoms. The minimum absolute atomic E-state index is 0.503. The second-order valence-electron chi connectivity index (χ2n) is 8.37. The van der Waals surface area contributed by atoms with Gasteiger partial charge in [-0.1, -0.05) is 24.6 Å². The van der Waals surface area contributed by atoms with Crippen molar-refractivity contribution in [3.63, 3.8) is 0 Å². The summed E-state index contributed by atoms with van der Waals surface area (Å²) < 4.78 is 11.6. The van der Waals surface area contributed by atoms with Crippen molar-refractivity contribution in [3.05, 3.63) is 73.1 Å². The molecule has 5 aromatic rings. The van der Waals surface area contributed by atoms with Crippen molar-refractivity contribution in [1.29, 1.82) is 0 Å². The molecular formula is C25H24N6O. The van der Waals surface area contributed by atoms with Crippen molar-refractivity contribution in [2.75, 3.05) is 7.11 Å². The highest BCUT2D eigenvalue weighted by molar-refractivity contribution is 5.87. The fourth-order valence-electron chi connectivity index (χ4n) is 4.58. The molecule has 0 radical (unpaired) electrons. The standard InChI is InChI=1S/C25H24N6O/c1-29-15-19(12-26-29)18-11-23(32-2)25-22(13-27-30(25)16-18)21-14-28-31(20-9-4-3-5-10-20)24(21)17-7-6-8-17/h3-5,9-17H,6-8H2,1-2H3. The number of aromatic nitrogens is 6. The number of rotatable bonds is 5. The number of fused-ring (bicyclic) bond motifs is 1. The molecule has 0 atom stereocenters.